The van der Waals surface area contributed by atoms with E-state index < -0.39 is 41.3 Å². The fraction of sp³-hybridized carbons (Fsp3) is 0.636. The first-order valence-electron chi connectivity index (χ1n) is 5.75. The molecule has 0 unspecified atom stereocenters. The van der Waals surface area contributed by atoms with Crippen molar-refractivity contribution in [1.29, 1.82) is 0 Å². The molecule has 1 amide bonds. The van der Waals surface area contributed by atoms with Crippen LogP contribution in [0, 0.1) is 5.92 Å². The van der Waals surface area contributed by atoms with Crippen molar-refractivity contribution in [2.75, 3.05) is 0 Å². The van der Waals surface area contributed by atoms with Gasteiger partial charge >= 0.3 is 18.0 Å². The highest BCUT2D eigenvalue weighted by molar-refractivity contribution is 5.97. The summed E-state index contributed by atoms with van der Waals surface area (Å²) >= 11 is 0. The fourth-order valence-corrected chi connectivity index (χ4v) is 0.961. The molecule has 0 radical (unpaired) electrons. The van der Waals surface area contributed by atoms with E-state index in [-0.39, 0.29) is 6.08 Å². The van der Waals surface area contributed by atoms with Crippen LogP contribution in [0.3, 0.4) is 0 Å². The Morgan fingerprint density at radius 3 is 1.77 bits per heavy atom. The first kappa shape index (κ1) is 20.2. The van der Waals surface area contributed by atoms with E-state index >= 15 is 0 Å². The molecule has 0 saturated heterocycles. The monoisotopic (exact) mass is 338 g/mol. The molecule has 22 heavy (non-hydrogen) atoms. The number of alkyl halides is 7. The number of hydrazine groups is 1. The van der Waals surface area contributed by atoms with Gasteiger partial charge in [0.05, 0.1) is 0 Å². The SMILES string of the molecule is C/C(=C\C(=O)C(F)(F)C(F)(F)C(F)(F)F)NNC(=O)C(C)C. The summed E-state index contributed by atoms with van der Waals surface area (Å²) in [5.74, 6) is -16.4. The van der Waals surface area contributed by atoms with Crippen molar-refractivity contribution in [2.45, 2.75) is 38.8 Å². The van der Waals surface area contributed by atoms with Gasteiger partial charge in [0.2, 0.25) is 11.7 Å². The molecule has 0 heterocycles. The van der Waals surface area contributed by atoms with Gasteiger partial charge in [-0.2, -0.15) is 30.7 Å². The zero-order chi connectivity index (χ0) is 17.9. The van der Waals surface area contributed by atoms with Crippen LogP contribution in [0.4, 0.5) is 30.7 Å². The van der Waals surface area contributed by atoms with Crippen molar-refractivity contribution in [3.63, 3.8) is 0 Å². The van der Waals surface area contributed by atoms with Crippen molar-refractivity contribution >= 4 is 11.7 Å². The van der Waals surface area contributed by atoms with Crippen molar-refractivity contribution in [1.82, 2.24) is 10.9 Å². The lowest BCUT2D eigenvalue weighted by Gasteiger charge is -2.26. The molecule has 0 aromatic carbocycles. The van der Waals surface area contributed by atoms with Crippen LogP contribution in [0.1, 0.15) is 20.8 Å². The maximum absolute atomic E-state index is 13.0. The summed E-state index contributed by atoms with van der Waals surface area (Å²) in [5.41, 5.74) is 3.34. The Balaban J connectivity index is 5.10. The Morgan fingerprint density at radius 1 is 0.955 bits per heavy atom. The molecule has 0 atom stereocenters. The predicted molar refractivity (Wildman–Crippen MR) is 60.8 cm³/mol. The standard InChI is InChI=1S/C11H13F7N2O2/c1-5(2)8(22)20-19-6(3)4-7(21)9(12,13)10(14,15)11(16,17)18/h4-5,19H,1-3H3,(H,20,22)/b6-4+. The van der Waals surface area contributed by atoms with E-state index in [9.17, 15) is 40.3 Å². The molecule has 0 saturated carbocycles. The average molecular weight is 338 g/mol. The van der Waals surface area contributed by atoms with Gasteiger partial charge in [0.1, 0.15) is 0 Å². The van der Waals surface area contributed by atoms with Crippen LogP contribution in [0.2, 0.25) is 0 Å². The number of amides is 1. The van der Waals surface area contributed by atoms with E-state index in [2.05, 4.69) is 0 Å². The van der Waals surface area contributed by atoms with E-state index in [0.717, 1.165) is 6.92 Å². The minimum Gasteiger partial charge on any atom is -0.303 e. The van der Waals surface area contributed by atoms with Gasteiger partial charge in [0, 0.05) is 17.7 Å². The lowest BCUT2D eigenvalue weighted by atomic mass is 10.1. The summed E-state index contributed by atoms with van der Waals surface area (Å²) in [6, 6.07) is 0. The van der Waals surface area contributed by atoms with Gasteiger partial charge in [-0.25, -0.2) is 0 Å². The summed E-state index contributed by atoms with van der Waals surface area (Å²) in [7, 11) is 0. The Morgan fingerprint density at radius 2 is 1.41 bits per heavy atom. The maximum atomic E-state index is 13.0. The minimum absolute atomic E-state index is 0.153. The molecule has 0 bridgehead atoms. The summed E-state index contributed by atoms with van der Waals surface area (Å²) < 4.78 is 86.9. The van der Waals surface area contributed by atoms with Crippen LogP contribution < -0.4 is 10.9 Å². The average Bonchev–Trinajstić information content (AvgIpc) is 2.33. The third-order valence-corrected chi connectivity index (χ3v) is 2.31. The van der Waals surface area contributed by atoms with E-state index in [1.807, 2.05) is 10.9 Å². The number of rotatable bonds is 6. The molecule has 0 aromatic heterocycles. The Hall–Kier alpha value is -1.81. The summed E-state index contributed by atoms with van der Waals surface area (Å²) in [6.07, 6.45) is -6.74. The highest BCUT2D eigenvalue weighted by Gasteiger charge is 2.75. The lowest BCUT2D eigenvalue weighted by molar-refractivity contribution is -0.342. The molecular weight excluding hydrogens is 325 g/mol. The second kappa shape index (κ2) is 6.53. The zero-order valence-corrected chi connectivity index (χ0v) is 11.6. The number of carbonyl (C=O) groups is 2. The Kier molecular flexibility index (Phi) is 5.99. The van der Waals surface area contributed by atoms with Crippen LogP contribution in [-0.4, -0.2) is 29.7 Å². The molecule has 0 aliphatic heterocycles. The second-order valence-corrected chi connectivity index (χ2v) is 4.61. The zero-order valence-electron chi connectivity index (χ0n) is 11.6. The summed E-state index contributed by atoms with van der Waals surface area (Å²) in [4.78, 5) is 22.1. The molecule has 0 aromatic rings. The smallest absolute Gasteiger partial charge is 0.303 e. The predicted octanol–water partition coefficient (Wildman–Crippen LogP) is 2.57. The van der Waals surface area contributed by atoms with Crippen molar-refractivity contribution in [2.24, 2.45) is 5.92 Å². The highest BCUT2D eigenvalue weighted by atomic mass is 19.4. The minimum atomic E-state index is -6.59. The molecule has 0 rings (SSSR count). The molecular formula is C11H13F7N2O2. The molecule has 4 nitrogen and oxygen atoms in total. The number of ketones is 1. The second-order valence-electron chi connectivity index (χ2n) is 4.61. The van der Waals surface area contributed by atoms with E-state index in [0.29, 0.717) is 0 Å². The lowest BCUT2D eigenvalue weighted by Crippen LogP contribution is -2.55. The van der Waals surface area contributed by atoms with Crippen molar-refractivity contribution in [3.05, 3.63) is 11.8 Å². The fourth-order valence-electron chi connectivity index (χ4n) is 0.961. The molecule has 0 aliphatic carbocycles. The molecule has 11 heteroatoms. The Labute approximate surface area is 120 Å². The Bertz CT molecular complexity index is 470. The van der Waals surface area contributed by atoms with Gasteiger partial charge in [-0.05, 0) is 6.92 Å². The maximum Gasteiger partial charge on any atom is 0.460 e. The molecule has 128 valence electrons. The first-order chi connectivity index (χ1) is 9.64. The van der Waals surface area contributed by atoms with Crippen LogP contribution in [0.15, 0.2) is 11.8 Å². The first-order valence-corrected chi connectivity index (χ1v) is 5.75. The highest BCUT2D eigenvalue weighted by Crippen LogP contribution is 2.47. The van der Waals surface area contributed by atoms with E-state index in [1.165, 1.54) is 13.8 Å². The van der Waals surface area contributed by atoms with Crippen molar-refractivity contribution < 1.29 is 40.3 Å². The molecule has 0 spiro atoms. The molecule has 2 N–H and O–H groups in total. The topological polar surface area (TPSA) is 58.2 Å². The van der Waals surface area contributed by atoms with Crippen LogP contribution in [0.25, 0.3) is 0 Å². The van der Waals surface area contributed by atoms with Gasteiger partial charge in [0.15, 0.2) is 0 Å². The van der Waals surface area contributed by atoms with Crippen molar-refractivity contribution in [3.8, 4) is 0 Å². The van der Waals surface area contributed by atoms with Gasteiger partial charge in [-0.3, -0.25) is 15.0 Å². The van der Waals surface area contributed by atoms with Gasteiger partial charge in [-0.1, -0.05) is 13.8 Å². The molecule has 0 aliphatic rings. The summed E-state index contributed by atoms with van der Waals surface area (Å²) in [5, 5.41) is 0. The largest absolute Gasteiger partial charge is 0.460 e. The van der Waals surface area contributed by atoms with Crippen LogP contribution in [0.5, 0.6) is 0 Å². The van der Waals surface area contributed by atoms with Gasteiger partial charge in [0.25, 0.3) is 0 Å². The quantitative estimate of drug-likeness (QED) is 0.445. The number of hydrogen-bond donors (Lipinski definition) is 2. The molecule has 0 fully saturated rings. The number of allylic oxidation sites excluding steroid dienone is 2. The number of halogens is 7. The third kappa shape index (κ3) is 4.34. The van der Waals surface area contributed by atoms with Gasteiger partial charge in [-0.15, -0.1) is 0 Å². The van der Waals surface area contributed by atoms with Crippen LogP contribution >= 0.6 is 0 Å². The third-order valence-electron chi connectivity index (χ3n) is 2.31. The number of hydrogen-bond acceptors (Lipinski definition) is 3. The van der Waals surface area contributed by atoms with Crippen LogP contribution in [-0.2, 0) is 9.59 Å². The van der Waals surface area contributed by atoms with E-state index in [1.54, 1.807) is 0 Å². The number of nitrogens with one attached hydrogen (secondary N) is 2. The normalized spacial score (nSPS) is 14.0. The summed E-state index contributed by atoms with van der Waals surface area (Å²) in [6.45, 7) is 3.86. The van der Waals surface area contributed by atoms with Gasteiger partial charge < -0.3 is 5.43 Å². The van der Waals surface area contributed by atoms with E-state index in [4.69, 9.17) is 0 Å². The number of carbonyl (C=O) groups excluding carboxylic acids is 2.